The molecule has 0 fully saturated rings. The maximum atomic E-state index is 12.1. The van der Waals surface area contributed by atoms with Crippen LogP contribution in [0.5, 0.6) is 5.75 Å². The number of benzene rings is 2. The van der Waals surface area contributed by atoms with Crippen molar-refractivity contribution in [3.05, 3.63) is 59.2 Å². The third-order valence-corrected chi connectivity index (χ3v) is 2.71. The fourth-order valence-corrected chi connectivity index (χ4v) is 1.73. The van der Waals surface area contributed by atoms with Crippen LogP contribution in [0.1, 0.15) is 21.5 Å². The molecule has 0 aliphatic rings. The lowest BCUT2D eigenvalue weighted by Crippen LogP contribution is -2.13. The number of carbonyl (C=O) groups excluding carboxylic acids is 1. The van der Waals surface area contributed by atoms with E-state index >= 15 is 0 Å². The SMILES string of the molecule is C#Cc1cc(O)c(NC(=O)c2ccccc2)c(C#C)c1. The van der Waals surface area contributed by atoms with Gasteiger partial charge in [-0.2, -0.15) is 0 Å². The predicted octanol–water partition coefficient (Wildman–Crippen LogP) is 2.61. The Morgan fingerprint density at radius 3 is 2.40 bits per heavy atom. The average Bonchev–Trinajstić information content (AvgIpc) is 2.49. The maximum absolute atomic E-state index is 12.1. The van der Waals surface area contributed by atoms with Crippen molar-refractivity contribution in [2.24, 2.45) is 0 Å². The monoisotopic (exact) mass is 261 g/mol. The molecule has 0 saturated heterocycles. The van der Waals surface area contributed by atoms with Crippen LogP contribution in [0.4, 0.5) is 5.69 Å². The van der Waals surface area contributed by atoms with Gasteiger partial charge in [0.2, 0.25) is 0 Å². The highest BCUT2D eigenvalue weighted by Gasteiger charge is 2.13. The smallest absolute Gasteiger partial charge is 0.255 e. The van der Waals surface area contributed by atoms with Gasteiger partial charge in [-0.25, -0.2) is 0 Å². The zero-order valence-electron chi connectivity index (χ0n) is 10.6. The molecule has 3 nitrogen and oxygen atoms in total. The number of anilines is 1. The van der Waals surface area contributed by atoms with E-state index in [2.05, 4.69) is 17.2 Å². The number of phenolic OH excluding ortho intramolecular Hbond substituents is 1. The summed E-state index contributed by atoms with van der Waals surface area (Å²) in [7, 11) is 0. The third kappa shape index (κ3) is 2.63. The first kappa shape index (κ1) is 13.3. The first-order chi connectivity index (χ1) is 9.65. The Morgan fingerprint density at radius 1 is 1.10 bits per heavy atom. The normalized spacial score (nSPS) is 9.30. The van der Waals surface area contributed by atoms with Crippen molar-refractivity contribution in [2.45, 2.75) is 0 Å². The average molecular weight is 261 g/mol. The summed E-state index contributed by atoms with van der Waals surface area (Å²) in [6.07, 6.45) is 10.6. The summed E-state index contributed by atoms with van der Waals surface area (Å²) in [5.41, 5.74) is 1.44. The molecule has 0 aliphatic heterocycles. The molecule has 0 unspecified atom stereocenters. The minimum atomic E-state index is -0.356. The second-order valence-corrected chi connectivity index (χ2v) is 4.03. The fraction of sp³-hybridized carbons (Fsp3) is 0. The zero-order valence-corrected chi connectivity index (χ0v) is 10.6. The van der Waals surface area contributed by atoms with E-state index in [-0.39, 0.29) is 17.3 Å². The molecule has 0 saturated carbocycles. The largest absolute Gasteiger partial charge is 0.506 e. The first-order valence-corrected chi connectivity index (χ1v) is 5.82. The topological polar surface area (TPSA) is 49.3 Å². The summed E-state index contributed by atoms with van der Waals surface area (Å²) in [6, 6.07) is 11.6. The number of rotatable bonds is 2. The molecule has 0 bridgehead atoms. The number of terminal acetylenes is 2. The van der Waals surface area contributed by atoms with Crippen molar-refractivity contribution in [1.29, 1.82) is 0 Å². The minimum Gasteiger partial charge on any atom is -0.506 e. The lowest BCUT2D eigenvalue weighted by Gasteiger charge is -2.10. The molecule has 0 aliphatic carbocycles. The lowest BCUT2D eigenvalue weighted by atomic mass is 10.1. The summed E-state index contributed by atoms with van der Waals surface area (Å²) in [4.78, 5) is 12.1. The van der Waals surface area contributed by atoms with Crippen LogP contribution in [0, 0.1) is 24.7 Å². The van der Waals surface area contributed by atoms with Gasteiger partial charge in [0, 0.05) is 11.1 Å². The second kappa shape index (κ2) is 5.65. The van der Waals surface area contributed by atoms with Crippen molar-refractivity contribution in [3.63, 3.8) is 0 Å². The molecular formula is C17H11NO2. The highest BCUT2D eigenvalue weighted by atomic mass is 16.3. The molecule has 2 N–H and O–H groups in total. The van der Waals surface area contributed by atoms with Gasteiger partial charge in [0.15, 0.2) is 0 Å². The van der Waals surface area contributed by atoms with E-state index < -0.39 is 0 Å². The Labute approximate surface area is 117 Å². The summed E-state index contributed by atoms with van der Waals surface area (Å²) in [5, 5.41) is 12.5. The minimum absolute atomic E-state index is 0.155. The van der Waals surface area contributed by atoms with Gasteiger partial charge >= 0.3 is 0 Å². The van der Waals surface area contributed by atoms with Gasteiger partial charge in [-0.05, 0) is 24.3 Å². The highest BCUT2D eigenvalue weighted by Crippen LogP contribution is 2.29. The van der Waals surface area contributed by atoms with Gasteiger partial charge in [0.05, 0.1) is 11.3 Å². The molecule has 0 aromatic heterocycles. The third-order valence-electron chi connectivity index (χ3n) is 2.71. The van der Waals surface area contributed by atoms with Crippen LogP contribution in [-0.2, 0) is 0 Å². The number of hydrogen-bond donors (Lipinski definition) is 2. The van der Waals surface area contributed by atoms with Crippen molar-refractivity contribution < 1.29 is 9.90 Å². The molecule has 20 heavy (non-hydrogen) atoms. The molecule has 3 heteroatoms. The number of amides is 1. The lowest BCUT2D eigenvalue weighted by molar-refractivity contribution is 0.102. The Hall–Kier alpha value is -3.17. The number of nitrogens with one attached hydrogen (secondary N) is 1. The molecule has 0 heterocycles. The van der Waals surface area contributed by atoms with E-state index in [1.54, 1.807) is 30.3 Å². The summed E-state index contributed by atoms with van der Waals surface area (Å²) < 4.78 is 0. The van der Waals surface area contributed by atoms with Gasteiger partial charge in [-0.15, -0.1) is 12.8 Å². The van der Waals surface area contributed by atoms with Gasteiger partial charge in [-0.3, -0.25) is 4.79 Å². The molecule has 2 aromatic rings. The molecule has 0 atom stereocenters. The van der Waals surface area contributed by atoms with E-state index in [1.165, 1.54) is 6.07 Å². The van der Waals surface area contributed by atoms with Crippen molar-refractivity contribution in [2.75, 3.05) is 5.32 Å². The zero-order chi connectivity index (χ0) is 14.5. The molecule has 0 radical (unpaired) electrons. The molecule has 2 aromatic carbocycles. The predicted molar refractivity (Wildman–Crippen MR) is 78.4 cm³/mol. The van der Waals surface area contributed by atoms with Crippen LogP contribution in [0.15, 0.2) is 42.5 Å². The van der Waals surface area contributed by atoms with Crippen LogP contribution in [0.2, 0.25) is 0 Å². The van der Waals surface area contributed by atoms with Gasteiger partial charge < -0.3 is 10.4 Å². The summed E-state index contributed by atoms with van der Waals surface area (Å²) >= 11 is 0. The van der Waals surface area contributed by atoms with E-state index in [4.69, 9.17) is 12.8 Å². The maximum Gasteiger partial charge on any atom is 0.255 e. The van der Waals surface area contributed by atoms with E-state index in [9.17, 15) is 9.90 Å². The standard InChI is InChI=1S/C17H11NO2/c1-3-12-10-13(4-2)16(15(19)11-12)18-17(20)14-8-6-5-7-9-14/h1-2,5-11,19H,(H,18,20). The molecular weight excluding hydrogens is 250 g/mol. The van der Waals surface area contributed by atoms with Crippen LogP contribution in [0.3, 0.4) is 0 Å². The summed E-state index contributed by atoms with van der Waals surface area (Å²) in [5.74, 6) is 4.27. The second-order valence-electron chi connectivity index (χ2n) is 4.03. The Bertz CT molecular complexity index is 734. The van der Waals surface area contributed by atoms with Crippen molar-refractivity contribution in [3.8, 4) is 30.4 Å². The van der Waals surface area contributed by atoms with Gasteiger partial charge in [-0.1, -0.05) is 30.0 Å². The van der Waals surface area contributed by atoms with Gasteiger partial charge in [0.25, 0.3) is 5.91 Å². The Kier molecular flexibility index (Phi) is 3.75. The molecule has 1 amide bonds. The van der Waals surface area contributed by atoms with Crippen molar-refractivity contribution in [1.82, 2.24) is 0 Å². The number of carbonyl (C=O) groups is 1. The van der Waals surface area contributed by atoms with E-state index in [0.29, 0.717) is 16.7 Å². The Morgan fingerprint density at radius 2 is 1.80 bits per heavy atom. The molecule has 0 spiro atoms. The van der Waals surface area contributed by atoms with E-state index in [0.717, 1.165) is 0 Å². The van der Waals surface area contributed by atoms with Crippen LogP contribution in [-0.4, -0.2) is 11.0 Å². The number of aromatic hydroxyl groups is 1. The fourth-order valence-electron chi connectivity index (χ4n) is 1.73. The van der Waals surface area contributed by atoms with E-state index in [1.807, 2.05) is 6.07 Å². The van der Waals surface area contributed by atoms with Crippen molar-refractivity contribution >= 4 is 11.6 Å². The van der Waals surface area contributed by atoms with Crippen LogP contribution < -0.4 is 5.32 Å². The number of hydrogen-bond acceptors (Lipinski definition) is 2. The van der Waals surface area contributed by atoms with Crippen LogP contribution in [0.25, 0.3) is 0 Å². The van der Waals surface area contributed by atoms with Gasteiger partial charge in [0.1, 0.15) is 5.75 Å². The molecule has 2 rings (SSSR count). The first-order valence-electron chi connectivity index (χ1n) is 5.82. The number of phenols is 1. The Balaban J connectivity index is 2.38. The quantitative estimate of drug-likeness (QED) is 0.645. The van der Waals surface area contributed by atoms with Crippen LogP contribution >= 0.6 is 0 Å². The molecule has 96 valence electrons. The summed E-state index contributed by atoms with van der Waals surface area (Å²) in [6.45, 7) is 0. The highest BCUT2D eigenvalue weighted by molar-refractivity contribution is 6.05.